The van der Waals surface area contributed by atoms with Crippen LogP contribution in [0.5, 0.6) is 0 Å². The maximum atomic E-state index is 14.3. The molecule has 4 atom stereocenters. The standard InChI is InChI=1S/C24H29FN4O3S2/c1-15(14-26)27-24(30)21-13-18(25)5-8-20(21)22-23(33-16(2)28-22)17-3-6-19(7-4-17)29-9-11-34(31,32)12-10-29/h3-4,6-7,15,18,20-21H,5,8-13H2,1-2H3,(H,27,30)/t15-,18-,20+,21?/m0/s1. The van der Waals surface area contributed by atoms with Gasteiger partial charge in [0.1, 0.15) is 12.2 Å². The van der Waals surface area contributed by atoms with Gasteiger partial charge in [0.15, 0.2) is 9.84 Å². The Morgan fingerprint density at radius 1 is 1.26 bits per heavy atom. The van der Waals surface area contributed by atoms with Gasteiger partial charge in [-0.3, -0.25) is 4.79 Å². The van der Waals surface area contributed by atoms with Gasteiger partial charge < -0.3 is 10.2 Å². The number of nitrogens with zero attached hydrogens (tertiary/aromatic N) is 3. The summed E-state index contributed by atoms with van der Waals surface area (Å²) in [6.45, 7) is 4.50. The van der Waals surface area contributed by atoms with Crippen molar-refractivity contribution in [1.29, 1.82) is 5.26 Å². The van der Waals surface area contributed by atoms with Gasteiger partial charge in [0.2, 0.25) is 5.91 Å². The lowest BCUT2D eigenvalue weighted by atomic mass is 9.75. The number of amides is 1. The molecule has 10 heteroatoms. The highest BCUT2D eigenvalue weighted by atomic mass is 32.2. The second-order valence-corrected chi connectivity index (χ2v) is 12.6. The average molecular weight is 505 g/mol. The summed E-state index contributed by atoms with van der Waals surface area (Å²) >= 11 is 1.55. The van der Waals surface area contributed by atoms with Gasteiger partial charge in [-0.2, -0.15) is 5.26 Å². The Balaban J connectivity index is 1.59. The first-order chi connectivity index (χ1) is 16.2. The summed E-state index contributed by atoms with van der Waals surface area (Å²) in [5.41, 5.74) is 2.76. The van der Waals surface area contributed by atoms with Crippen molar-refractivity contribution < 1.29 is 17.6 Å². The number of alkyl halides is 1. The van der Waals surface area contributed by atoms with E-state index in [4.69, 9.17) is 10.2 Å². The van der Waals surface area contributed by atoms with E-state index >= 15 is 0 Å². The van der Waals surface area contributed by atoms with Crippen LogP contribution in [0.2, 0.25) is 0 Å². The van der Waals surface area contributed by atoms with E-state index in [9.17, 15) is 17.6 Å². The number of halogens is 1. The molecule has 1 aromatic heterocycles. The molecule has 4 rings (SSSR count). The van der Waals surface area contributed by atoms with Crippen LogP contribution in [0.4, 0.5) is 10.1 Å². The molecule has 182 valence electrons. The second kappa shape index (κ2) is 10.0. The van der Waals surface area contributed by atoms with Crippen LogP contribution in [0.15, 0.2) is 24.3 Å². The zero-order valence-corrected chi connectivity index (χ0v) is 21.0. The van der Waals surface area contributed by atoms with Crippen molar-refractivity contribution in [3.63, 3.8) is 0 Å². The number of benzene rings is 1. The number of anilines is 1. The van der Waals surface area contributed by atoms with Gasteiger partial charge in [-0.1, -0.05) is 12.1 Å². The fourth-order valence-corrected chi connectivity index (χ4v) is 6.98. The Bertz CT molecular complexity index is 1180. The van der Waals surface area contributed by atoms with Crippen molar-refractivity contribution in [2.24, 2.45) is 5.92 Å². The number of nitrogens with one attached hydrogen (secondary N) is 1. The number of sulfone groups is 1. The molecule has 0 spiro atoms. The molecule has 2 aromatic rings. The lowest BCUT2D eigenvalue weighted by Crippen LogP contribution is -2.41. The molecule has 34 heavy (non-hydrogen) atoms. The van der Waals surface area contributed by atoms with Gasteiger partial charge >= 0.3 is 0 Å². The first-order valence-electron chi connectivity index (χ1n) is 11.5. The first kappa shape index (κ1) is 24.6. The van der Waals surface area contributed by atoms with Crippen molar-refractivity contribution >= 4 is 32.8 Å². The molecule has 1 saturated carbocycles. The van der Waals surface area contributed by atoms with Crippen LogP contribution in [0.25, 0.3) is 10.4 Å². The van der Waals surface area contributed by atoms with E-state index in [0.29, 0.717) is 25.9 Å². The highest BCUT2D eigenvalue weighted by Crippen LogP contribution is 2.44. The summed E-state index contributed by atoms with van der Waals surface area (Å²) in [5.74, 6) is -0.761. The summed E-state index contributed by atoms with van der Waals surface area (Å²) in [4.78, 5) is 20.7. The van der Waals surface area contributed by atoms with Gasteiger partial charge in [-0.25, -0.2) is 17.8 Å². The molecule has 1 amide bonds. The molecule has 1 N–H and O–H groups in total. The van der Waals surface area contributed by atoms with Crippen LogP contribution in [-0.4, -0.2) is 56.1 Å². The summed E-state index contributed by atoms with van der Waals surface area (Å²) in [6.07, 6.45) is -0.00651. The molecule has 0 radical (unpaired) electrons. The fourth-order valence-electron chi connectivity index (χ4n) is 4.78. The summed E-state index contributed by atoms with van der Waals surface area (Å²) in [5, 5.41) is 12.6. The number of aryl methyl sites for hydroxylation is 1. The zero-order valence-electron chi connectivity index (χ0n) is 19.3. The second-order valence-electron chi connectivity index (χ2n) is 9.12. The van der Waals surface area contributed by atoms with Crippen LogP contribution in [0.1, 0.15) is 42.8 Å². The largest absolute Gasteiger partial charge is 0.369 e. The van der Waals surface area contributed by atoms with E-state index in [2.05, 4.69) is 10.2 Å². The molecule has 1 aliphatic carbocycles. The third-order valence-electron chi connectivity index (χ3n) is 6.63. The summed E-state index contributed by atoms with van der Waals surface area (Å²) in [7, 11) is -2.94. The normalized spacial score (nSPS) is 25.4. The number of carbonyl (C=O) groups excluding carboxylic acids is 1. The Hall–Kier alpha value is -2.51. The van der Waals surface area contributed by atoms with Crippen molar-refractivity contribution in [2.75, 3.05) is 29.5 Å². The topological polar surface area (TPSA) is 103 Å². The minimum absolute atomic E-state index is 0.126. The van der Waals surface area contributed by atoms with Crippen molar-refractivity contribution in [2.45, 2.75) is 51.2 Å². The van der Waals surface area contributed by atoms with Crippen LogP contribution in [0, 0.1) is 24.2 Å². The van der Waals surface area contributed by atoms with E-state index in [-0.39, 0.29) is 29.8 Å². The highest BCUT2D eigenvalue weighted by Gasteiger charge is 2.39. The van der Waals surface area contributed by atoms with Crippen LogP contribution in [0.3, 0.4) is 0 Å². The summed E-state index contributed by atoms with van der Waals surface area (Å²) in [6, 6.07) is 9.35. The molecular weight excluding hydrogens is 475 g/mol. The summed E-state index contributed by atoms with van der Waals surface area (Å²) < 4.78 is 37.8. The minimum Gasteiger partial charge on any atom is -0.369 e. The SMILES string of the molecule is Cc1nc([C@@H]2CC[C@H](F)CC2C(=O)N[C@@H](C)C#N)c(-c2ccc(N3CCS(=O)(=O)CC3)cc2)s1. The molecule has 1 aromatic carbocycles. The number of nitriles is 1. The Morgan fingerprint density at radius 3 is 2.59 bits per heavy atom. The molecule has 2 fully saturated rings. The van der Waals surface area contributed by atoms with Crippen molar-refractivity contribution in [1.82, 2.24) is 10.3 Å². The Morgan fingerprint density at radius 2 is 1.94 bits per heavy atom. The Labute approximate surface area is 203 Å². The van der Waals surface area contributed by atoms with E-state index in [1.165, 1.54) is 0 Å². The number of hydrogen-bond donors (Lipinski definition) is 1. The van der Waals surface area contributed by atoms with Crippen molar-refractivity contribution in [3.05, 3.63) is 35.0 Å². The lowest BCUT2D eigenvalue weighted by molar-refractivity contribution is -0.127. The molecule has 2 heterocycles. The monoisotopic (exact) mass is 504 g/mol. The maximum absolute atomic E-state index is 14.3. The predicted octanol–water partition coefficient (Wildman–Crippen LogP) is 3.60. The molecule has 1 aliphatic heterocycles. The fraction of sp³-hybridized carbons (Fsp3) is 0.542. The predicted molar refractivity (Wildman–Crippen MR) is 131 cm³/mol. The number of rotatable bonds is 5. The third kappa shape index (κ3) is 5.41. The lowest BCUT2D eigenvalue weighted by Gasteiger charge is -2.32. The molecule has 2 aliphatic rings. The van der Waals surface area contributed by atoms with E-state index in [1.54, 1.807) is 18.3 Å². The van der Waals surface area contributed by atoms with Crippen LogP contribution in [-0.2, 0) is 14.6 Å². The van der Waals surface area contributed by atoms with Gasteiger partial charge in [-0.05, 0) is 50.8 Å². The number of hydrogen-bond acceptors (Lipinski definition) is 7. The van der Waals surface area contributed by atoms with E-state index < -0.39 is 28.0 Å². The number of thiazole rings is 1. The molecule has 1 unspecified atom stereocenters. The smallest absolute Gasteiger partial charge is 0.224 e. The quantitative estimate of drug-likeness (QED) is 0.667. The van der Waals surface area contributed by atoms with Crippen LogP contribution < -0.4 is 10.2 Å². The van der Waals surface area contributed by atoms with Gasteiger partial charge in [0.05, 0.1) is 33.2 Å². The van der Waals surface area contributed by atoms with Crippen LogP contribution >= 0.6 is 11.3 Å². The maximum Gasteiger partial charge on any atom is 0.224 e. The Kier molecular flexibility index (Phi) is 7.24. The van der Waals surface area contributed by atoms with E-state index in [0.717, 1.165) is 26.8 Å². The molecule has 1 saturated heterocycles. The number of aromatic nitrogens is 1. The highest BCUT2D eigenvalue weighted by molar-refractivity contribution is 7.91. The van der Waals surface area contributed by atoms with Gasteiger partial charge in [0.25, 0.3) is 0 Å². The zero-order chi connectivity index (χ0) is 24.5. The average Bonchev–Trinajstić information content (AvgIpc) is 3.20. The van der Waals surface area contributed by atoms with E-state index in [1.807, 2.05) is 37.3 Å². The minimum atomic E-state index is -2.94. The molecule has 7 nitrogen and oxygen atoms in total. The molecular formula is C24H29FN4O3S2. The molecule has 0 bridgehead atoms. The first-order valence-corrected chi connectivity index (χ1v) is 14.2. The van der Waals surface area contributed by atoms with Crippen molar-refractivity contribution in [3.8, 4) is 16.5 Å². The third-order valence-corrected chi connectivity index (χ3v) is 9.27. The number of carbonyl (C=O) groups is 1. The van der Waals surface area contributed by atoms with Gasteiger partial charge in [0, 0.05) is 30.6 Å². The van der Waals surface area contributed by atoms with Gasteiger partial charge in [-0.15, -0.1) is 11.3 Å².